The summed E-state index contributed by atoms with van der Waals surface area (Å²) in [7, 11) is 1.60. The van der Waals surface area contributed by atoms with Gasteiger partial charge in [-0.1, -0.05) is 65.9 Å². The number of amidine groups is 1. The number of aliphatic imine (C=N–C) groups is 1. The van der Waals surface area contributed by atoms with Crippen molar-refractivity contribution in [2.24, 2.45) is 4.99 Å². The number of carbonyl (C=O) groups excluding carboxylic acids is 3. The molecule has 3 heterocycles. The predicted molar refractivity (Wildman–Crippen MR) is 165 cm³/mol. The average Bonchev–Trinajstić information content (AvgIpc) is 3.46. The van der Waals surface area contributed by atoms with Crippen LogP contribution in [0.1, 0.15) is 23.1 Å². The maximum absolute atomic E-state index is 13.0. The topological polar surface area (TPSA) is 82.5 Å². The fourth-order valence-electron chi connectivity index (χ4n) is 4.40. The summed E-state index contributed by atoms with van der Waals surface area (Å²) < 4.78 is 5.64. The van der Waals surface area contributed by atoms with E-state index in [0.717, 1.165) is 22.4 Å². The van der Waals surface area contributed by atoms with Crippen molar-refractivity contribution in [3.63, 3.8) is 0 Å². The molecule has 2 fully saturated rings. The van der Waals surface area contributed by atoms with Gasteiger partial charge in [0, 0.05) is 39.1 Å². The number of hydrogen-bond acceptors (Lipinski definition) is 8. The summed E-state index contributed by atoms with van der Waals surface area (Å²) in [5.74, 6) is 0.305. The highest BCUT2D eigenvalue weighted by Gasteiger charge is 2.33. The zero-order chi connectivity index (χ0) is 28.2. The molecule has 0 aromatic heterocycles. The molecule has 5 rings (SSSR count). The second-order valence-electron chi connectivity index (χ2n) is 9.45. The number of thioether (sulfide) groups is 2. The fourth-order valence-corrected chi connectivity index (χ4v) is 6.68. The van der Waals surface area contributed by atoms with E-state index >= 15 is 0 Å². The van der Waals surface area contributed by atoms with Crippen molar-refractivity contribution in [1.82, 2.24) is 14.7 Å². The zero-order valence-electron chi connectivity index (χ0n) is 22.2. The lowest BCUT2D eigenvalue weighted by molar-refractivity contribution is -0.133. The van der Waals surface area contributed by atoms with Crippen LogP contribution in [-0.2, 0) is 14.4 Å². The Hall–Kier alpha value is -3.41. The highest BCUT2D eigenvalue weighted by Crippen LogP contribution is 2.33. The minimum Gasteiger partial charge on any atom is -0.497 e. The van der Waals surface area contributed by atoms with Crippen LogP contribution in [0.5, 0.6) is 5.75 Å². The number of aryl methyl sites for hydroxylation is 1. The van der Waals surface area contributed by atoms with Crippen LogP contribution in [0.2, 0.25) is 0 Å². The summed E-state index contributed by atoms with van der Waals surface area (Å²) in [4.78, 5) is 49.1. The molecule has 3 amide bonds. The first kappa shape index (κ1) is 28.1. The number of piperazine rings is 1. The molecule has 0 bridgehead atoms. The molecule has 8 nitrogen and oxygen atoms in total. The van der Waals surface area contributed by atoms with Crippen LogP contribution in [0.4, 0.5) is 0 Å². The summed E-state index contributed by atoms with van der Waals surface area (Å²) in [6.07, 6.45) is 3.86. The molecule has 0 saturated carbocycles. The zero-order valence-corrected chi connectivity index (χ0v) is 24.6. The van der Waals surface area contributed by atoms with Gasteiger partial charge in [0.05, 0.1) is 16.9 Å². The fraction of sp³-hybridized carbons (Fsp3) is 0.276. The van der Waals surface area contributed by atoms with Gasteiger partial charge in [0.1, 0.15) is 10.1 Å². The number of carbonyl (C=O) groups is 3. The summed E-state index contributed by atoms with van der Waals surface area (Å²) in [5, 5.41) is 0.677. The Morgan fingerprint density at radius 2 is 1.57 bits per heavy atom. The van der Waals surface area contributed by atoms with Crippen molar-refractivity contribution >= 4 is 75.1 Å². The quantitative estimate of drug-likeness (QED) is 0.361. The lowest BCUT2D eigenvalue weighted by Crippen LogP contribution is -2.50. The molecule has 0 unspecified atom stereocenters. The molecule has 3 aliphatic rings. The number of methoxy groups -OCH3 is 1. The van der Waals surface area contributed by atoms with Crippen molar-refractivity contribution in [2.45, 2.75) is 13.3 Å². The number of ether oxygens (including phenoxy) is 1. The van der Waals surface area contributed by atoms with E-state index in [1.54, 1.807) is 18.1 Å². The number of thiocarbonyl (C=S) groups is 1. The molecule has 206 valence electrons. The maximum atomic E-state index is 13.0. The minimum atomic E-state index is -0.233. The minimum absolute atomic E-state index is 0.0233. The molecule has 11 heteroatoms. The van der Waals surface area contributed by atoms with Gasteiger partial charge in [0.2, 0.25) is 5.91 Å². The molecule has 0 N–H and O–H groups in total. The van der Waals surface area contributed by atoms with Gasteiger partial charge in [-0.25, -0.2) is 0 Å². The monoisotopic (exact) mass is 592 g/mol. The Morgan fingerprint density at radius 1 is 0.950 bits per heavy atom. The Morgan fingerprint density at radius 3 is 2.23 bits per heavy atom. The van der Waals surface area contributed by atoms with E-state index in [4.69, 9.17) is 17.0 Å². The van der Waals surface area contributed by atoms with Crippen LogP contribution in [-0.4, -0.2) is 81.7 Å². The number of benzene rings is 2. The van der Waals surface area contributed by atoms with Crippen LogP contribution in [0.3, 0.4) is 0 Å². The number of amides is 3. The molecule has 2 aromatic carbocycles. The van der Waals surface area contributed by atoms with E-state index in [9.17, 15) is 14.4 Å². The van der Waals surface area contributed by atoms with Gasteiger partial charge in [-0.15, -0.1) is 0 Å². The summed E-state index contributed by atoms with van der Waals surface area (Å²) in [6, 6.07) is 15.4. The van der Waals surface area contributed by atoms with Crippen LogP contribution in [0.25, 0.3) is 12.2 Å². The van der Waals surface area contributed by atoms with Gasteiger partial charge in [-0.3, -0.25) is 19.3 Å². The second kappa shape index (κ2) is 12.4. The maximum Gasteiger partial charge on any atom is 0.286 e. The van der Waals surface area contributed by atoms with Crippen molar-refractivity contribution in [2.75, 3.05) is 39.8 Å². The van der Waals surface area contributed by atoms with E-state index in [0.29, 0.717) is 45.5 Å². The lowest BCUT2D eigenvalue weighted by Gasteiger charge is -2.35. The first-order valence-electron chi connectivity index (χ1n) is 12.8. The third-order valence-corrected chi connectivity index (χ3v) is 9.15. The van der Waals surface area contributed by atoms with Gasteiger partial charge < -0.3 is 14.5 Å². The number of hydrogen-bond donors (Lipinski definition) is 0. The molecule has 0 aliphatic carbocycles. The van der Waals surface area contributed by atoms with Crippen molar-refractivity contribution in [1.29, 1.82) is 0 Å². The van der Waals surface area contributed by atoms with E-state index in [2.05, 4.69) is 4.99 Å². The standard InChI is InChI=1S/C29H28N4O4S3/c1-19-3-5-20(6-4-19)17-23-26(35)30-28(39-23)32-15-13-31(14-16-32)25(34)11-12-33-27(36)24(40-29(33)38)18-21-7-9-22(37-2)10-8-21/h3-10,17-18H,11-16H2,1-2H3/b23-17+,24-18-. The Bertz CT molecular complexity index is 1430. The Labute approximate surface area is 247 Å². The van der Waals surface area contributed by atoms with Gasteiger partial charge in [0.25, 0.3) is 11.8 Å². The highest BCUT2D eigenvalue weighted by molar-refractivity contribution is 8.26. The summed E-state index contributed by atoms with van der Waals surface area (Å²) in [5.41, 5.74) is 3.00. The molecule has 0 radical (unpaired) electrons. The SMILES string of the molecule is COc1ccc(/C=C2\SC(=S)N(CCC(=O)N3CCN(C4=NC(=O)/C(=C\c5ccc(C)cc5)S4)CC3)C2=O)cc1. The molecule has 2 saturated heterocycles. The molecule has 2 aromatic rings. The largest absolute Gasteiger partial charge is 0.497 e. The molecule has 40 heavy (non-hydrogen) atoms. The summed E-state index contributed by atoms with van der Waals surface area (Å²) in [6.45, 7) is 4.51. The smallest absolute Gasteiger partial charge is 0.286 e. The number of nitrogens with zero attached hydrogens (tertiary/aromatic N) is 4. The lowest BCUT2D eigenvalue weighted by atomic mass is 10.1. The normalized spacial score (nSPS) is 19.7. The van der Waals surface area contributed by atoms with Crippen LogP contribution < -0.4 is 4.74 Å². The van der Waals surface area contributed by atoms with Gasteiger partial charge >= 0.3 is 0 Å². The van der Waals surface area contributed by atoms with Crippen LogP contribution in [0, 0.1) is 6.92 Å². The Balaban J connectivity index is 1.10. The van der Waals surface area contributed by atoms with E-state index < -0.39 is 0 Å². The summed E-state index contributed by atoms with van der Waals surface area (Å²) >= 11 is 8.05. The van der Waals surface area contributed by atoms with Crippen molar-refractivity contribution in [3.05, 3.63) is 75.0 Å². The average molecular weight is 593 g/mol. The molecule has 3 aliphatic heterocycles. The van der Waals surface area contributed by atoms with Crippen LogP contribution >= 0.6 is 35.7 Å². The predicted octanol–water partition coefficient (Wildman–Crippen LogP) is 4.41. The van der Waals surface area contributed by atoms with Gasteiger partial charge in [-0.05, 0) is 54.1 Å². The van der Waals surface area contributed by atoms with E-state index in [-0.39, 0.29) is 30.7 Å². The van der Waals surface area contributed by atoms with Crippen molar-refractivity contribution < 1.29 is 19.1 Å². The van der Waals surface area contributed by atoms with Crippen molar-refractivity contribution in [3.8, 4) is 5.75 Å². The van der Waals surface area contributed by atoms with Gasteiger partial charge in [-0.2, -0.15) is 4.99 Å². The molecular formula is C29H28N4O4S3. The first-order valence-corrected chi connectivity index (χ1v) is 14.9. The van der Waals surface area contributed by atoms with Gasteiger partial charge in [0.15, 0.2) is 5.17 Å². The third-order valence-electron chi connectivity index (χ3n) is 6.72. The van der Waals surface area contributed by atoms with E-state index in [1.807, 2.05) is 66.4 Å². The second-order valence-corrected chi connectivity index (χ2v) is 12.1. The Kier molecular flexibility index (Phi) is 8.72. The van der Waals surface area contributed by atoms with Crippen LogP contribution in [0.15, 0.2) is 63.3 Å². The third kappa shape index (κ3) is 6.48. The molecular weight excluding hydrogens is 565 g/mol. The highest BCUT2D eigenvalue weighted by atomic mass is 32.2. The molecule has 0 atom stereocenters. The van der Waals surface area contributed by atoms with E-state index in [1.165, 1.54) is 28.4 Å². The number of rotatable bonds is 6. The first-order chi connectivity index (χ1) is 19.3. The molecule has 0 spiro atoms.